The minimum Gasteiger partial charge on any atom is -0.496 e. The lowest BCUT2D eigenvalue weighted by atomic mass is 9.74. The van der Waals surface area contributed by atoms with Crippen LogP contribution in [0.4, 0.5) is 4.39 Å². The molecule has 34 heavy (non-hydrogen) atoms. The summed E-state index contributed by atoms with van der Waals surface area (Å²) in [5.41, 5.74) is 0.397. The van der Waals surface area contributed by atoms with Crippen LogP contribution in [0.1, 0.15) is 48.5 Å². The maximum absolute atomic E-state index is 14.4. The second kappa shape index (κ2) is 9.99. The average molecular weight is 469 g/mol. The number of aliphatic hydroxyl groups excluding tert-OH is 1. The van der Waals surface area contributed by atoms with Gasteiger partial charge in [-0.15, -0.1) is 0 Å². The van der Waals surface area contributed by atoms with Gasteiger partial charge in [0.05, 0.1) is 19.8 Å². The average Bonchev–Trinajstić information content (AvgIpc) is 2.84. The smallest absolute Gasteiger partial charge is 0.339 e. The summed E-state index contributed by atoms with van der Waals surface area (Å²) in [5.74, 6) is -2.06. The van der Waals surface area contributed by atoms with Crippen LogP contribution in [-0.2, 0) is 11.3 Å². The first-order valence-corrected chi connectivity index (χ1v) is 11.3. The van der Waals surface area contributed by atoms with Gasteiger partial charge < -0.3 is 24.4 Å². The molecule has 1 saturated carbocycles. The van der Waals surface area contributed by atoms with Gasteiger partial charge >= 0.3 is 5.97 Å². The van der Waals surface area contributed by atoms with E-state index in [1.807, 2.05) is 49.4 Å². The molecular weight excluding hydrogens is 439 g/mol. The van der Waals surface area contributed by atoms with E-state index in [-0.39, 0.29) is 23.2 Å². The van der Waals surface area contributed by atoms with E-state index < -0.39 is 23.5 Å². The van der Waals surface area contributed by atoms with Crippen LogP contribution in [0.15, 0.2) is 54.6 Å². The zero-order valence-electron chi connectivity index (χ0n) is 19.3. The van der Waals surface area contributed by atoms with Crippen LogP contribution in [0.3, 0.4) is 0 Å². The Labute approximate surface area is 197 Å². The SMILES string of the molecule is COc1cc(F)c(OC2CCC(C)(C(O)OCc3cccc4ccccc34)CC2)cc1C(=O)O. The Morgan fingerprint density at radius 1 is 1.12 bits per heavy atom. The molecule has 3 aromatic carbocycles. The molecule has 4 rings (SSSR count). The predicted octanol–water partition coefficient (Wildman–Crippen LogP) is 5.55. The second-order valence-electron chi connectivity index (χ2n) is 9.06. The fraction of sp³-hybridized carbons (Fsp3) is 0.370. The number of hydrogen-bond acceptors (Lipinski definition) is 5. The third-order valence-electron chi connectivity index (χ3n) is 6.73. The van der Waals surface area contributed by atoms with Crippen molar-refractivity contribution in [1.82, 2.24) is 0 Å². The lowest BCUT2D eigenvalue weighted by Crippen LogP contribution is -2.40. The first-order valence-electron chi connectivity index (χ1n) is 11.3. The Morgan fingerprint density at radius 3 is 2.53 bits per heavy atom. The molecule has 1 aliphatic carbocycles. The Hall–Kier alpha value is -3.16. The standard InChI is InChI=1S/C27H29FO6/c1-27(26(31)33-16-18-8-5-7-17-6-3-4-9-20(17)18)12-10-19(11-13-27)34-24-14-21(25(29)30)23(32-2)15-22(24)28/h3-9,14-15,19,26,31H,10-13,16H2,1-2H3,(H,29,30). The number of hydrogen-bond donors (Lipinski definition) is 2. The fourth-order valence-corrected chi connectivity index (χ4v) is 4.54. The lowest BCUT2D eigenvalue weighted by molar-refractivity contribution is -0.190. The maximum atomic E-state index is 14.4. The van der Waals surface area contributed by atoms with Crippen molar-refractivity contribution in [3.05, 3.63) is 71.5 Å². The highest BCUT2D eigenvalue weighted by molar-refractivity contribution is 5.91. The van der Waals surface area contributed by atoms with Gasteiger partial charge in [-0.2, -0.15) is 0 Å². The van der Waals surface area contributed by atoms with E-state index in [2.05, 4.69) is 0 Å². The Morgan fingerprint density at radius 2 is 1.82 bits per heavy atom. The number of carbonyl (C=O) groups is 1. The summed E-state index contributed by atoms with van der Waals surface area (Å²) < 4.78 is 31.1. The minimum absolute atomic E-state index is 0.0555. The Kier molecular flexibility index (Phi) is 7.05. The van der Waals surface area contributed by atoms with Crippen molar-refractivity contribution in [3.8, 4) is 11.5 Å². The molecule has 0 aliphatic heterocycles. The monoisotopic (exact) mass is 468 g/mol. The molecule has 0 radical (unpaired) electrons. The summed E-state index contributed by atoms with van der Waals surface area (Å²) >= 11 is 0. The maximum Gasteiger partial charge on any atom is 0.339 e. The number of carboxylic acid groups (broad SMARTS) is 1. The van der Waals surface area contributed by atoms with Crippen molar-refractivity contribution in [2.24, 2.45) is 5.41 Å². The van der Waals surface area contributed by atoms with Gasteiger partial charge in [0, 0.05) is 17.5 Å². The molecule has 6 nitrogen and oxygen atoms in total. The molecule has 1 aliphatic rings. The van der Waals surface area contributed by atoms with Gasteiger partial charge in [-0.1, -0.05) is 49.4 Å². The minimum atomic E-state index is -1.22. The van der Waals surface area contributed by atoms with Crippen LogP contribution < -0.4 is 9.47 Å². The summed E-state index contributed by atoms with van der Waals surface area (Å²) in [6.45, 7) is 2.28. The zero-order chi connectivity index (χ0) is 24.3. The molecule has 1 atom stereocenters. The third kappa shape index (κ3) is 5.00. The molecule has 0 aromatic heterocycles. The van der Waals surface area contributed by atoms with E-state index in [0.717, 1.165) is 28.5 Å². The molecule has 1 fully saturated rings. The van der Waals surface area contributed by atoms with E-state index in [1.165, 1.54) is 7.11 Å². The highest BCUT2D eigenvalue weighted by Gasteiger charge is 2.39. The molecule has 0 bridgehead atoms. The van der Waals surface area contributed by atoms with Gasteiger partial charge in [0.1, 0.15) is 11.3 Å². The Bertz CT molecular complexity index is 1160. The molecule has 2 N–H and O–H groups in total. The van der Waals surface area contributed by atoms with E-state index >= 15 is 0 Å². The van der Waals surface area contributed by atoms with Crippen LogP contribution >= 0.6 is 0 Å². The molecule has 0 heterocycles. The second-order valence-corrected chi connectivity index (χ2v) is 9.06. The highest BCUT2D eigenvalue weighted by Crippen LogP contribution is 2.41. The van der Waals surface area contributed by atoms with Crippen LogP contribution in [0, 0.1) is 11.2 Å². The Balaban J connectivity index is 1.37. The highest BCUT2D eigenvalue weighted by atomic mass is 19.1. The third-order valence-corrected chi connectivity index (χ3v) is 6.73. The number of methoxy groups -OCH3 is 1. The van der Waals surface area contributed by atoms with Gasteiger partial charge in [0.15, 0.2) is 17.9 Å². The largest absolute Gasteiger partial charge is 0.496 e. The van der Waals surface area contributed by atoms with E-state index in [1.54, 1.807) is 0 Å². The fourth-order valence-electron chi connectivity index (χ4n) is 4.54. The molecule has 7 heteroatoms. The summed E-state index contributed by atoms with van der Waals surface area (Å²) in [7, 11) is 1.29. The normalized spacial score (nSPS) is 21.2. The van der Waals surface area contributed by atoms with Crippen LogP contribution in [0.2, 0.25) is 0 Å². The molecule has 3 aromatic rings. The summed E-state index contributed by atoms with van der Waals surface area (Å²) in [4.78, 5) is 11.4. The van der Waals surface area contributed by atoms with Crippen molar-refractivity contribution >= 4 is 16.7 Å². The van der Waals surface area contributed by atoms with E-state index in [0.29, 0.717) is 32.3 Å². The van der Waals surface area contributed by atoms with Crippen LogP contribution in [0.5, 0.6) is 11.5 Å². The van der Waals surface area contributed by atoms with Crippen molar-refractivity contribution in [3.63, 3.8) is 0 Å². The number of carboxylic acids is 1. The zero-order valence-corrected chi connectivity index (χ0v) is 19.3. The van der Waals surface area contributed by atoms with Crippen molar-refractivity contribution in [2.45, 2.75) is 51.6 Å². The summed E-state index contributed by atoms with van der Waals surface area (Å²) in [5, 5.41) is 22.4. The number of rotatable bonds is 8. The van der Waals surface area contributed by atoms with E-state index in [4.69, 9.17) is 14.2 Å². The number of halogens is 1. The van der Waals surface area contributed by atoms with Crippen LogP contribution in [-0.4, -0.2) is 35.7 Å². The number of ether oxygens (including phenoxy) is 3. The summed E-state index contributed by atoms with van der Waals surface area (Å²) in [6.07, 6.45) is 1.17. The van der Waals surface area contributed by atoms with Gasteiger partial charge in [0.25, 0.3) is 0 Å². The predicted molar refractivity (Wildman–Crippen MR) is 126 cm³/mol. The van der Waals surface area contributed by atoms with Gasteiger partial charge in [-0.3, -0.25) is 0 Å². The molecular formula is C27H29FO6. The van der Waals surface area contributed by atoms with Gasteiger partial charge in [0.2, 0.25) is 0 Å². The number of aliphatic hydroxyl groups is 1. The lowest BCUT2D eigenvalue weighted by Gasteiger charge is -2.40. The number of fused-ring (bicyclic) bond motifs is 1. The van der Waals surface area contributed by atoms with Crippen molar-refractivity contribution in [2.75, 3.05) is 7.11 Å². The first kappa shape index (κ1) is 24.0. The number of benzene rings is 3. The molecule has 180 valence electrons. The molecule has 0 spiro atoms. The van der Waals surface area contributed by atoms with Gasteiger partial charge in [-0.25, -0.2) is 9.18 Å². The quantitative estimate of drug-likeness (QED) is 0.422. The summed E-state index contributed by atoms with van der Waals surface area (Å²) in [6, 6.07) is 16.3. The first-order chi connectivity index (χ1) is 16.3. The van der Waals surface area contributed by atoms with Crippen molar-refractivity contribution < 1.29 is 33.6 Å². The van der Waals surface area contributed by atoms with Gasteiger partial charge in [-0.05, 0) is 42.0 Å². The number of aromatic carboxylic acids is 1. The molecule has 1 unspecified atom stereocenters. The topological polar surface area (TPSA) is 85.2 Å². The van der Waals surface area contributed by atoms with E-state index in [9.17, 15) is 19.4 Å². The molecule has 0 amide bonds. The molecule has 0 saturated heterocycles. The van der Waals surface area contributed by atoms with Crippen LogP contribution in [0.25, 0.3) is 10.8 Å². The van der Waals surface area contributed by atoms with Crippen molar-refractivity contribution in [1.29, 1.82) is 0 Å².